The summed E-state index contributed by atoms with van der Waals surface area (Å²) in [5.74, 6) is -4.14. The molecule has 0 aromatic carbocycles. The van der Waals surface area contributed by atoms with Crippen molar-refractivity contribution in [3.05, 3.63) is 26.9 Å². The highest BCUT2D eigenvalue weighted by atomic mass is 32.1. The normalized spacial score (nSPS) is 31.7. The van der Waals surface area contributed by atoms with E-state index in [1.54, 1.807) is 0 Å². The first-order valence-electron chi connectivity index (χ1n) is 7.78. The number of alkyl halides is 1. The van der Waals surface area contributed by atoms with Gasteiger partial charge in [-0.2, -0.15) is 4.31 Å². The molecule has 1 aliphatic heterocycles. The van der Waals surface area contributed by atoms with Crippen LogP contribution < -0.4 is 5.56 Å². The fraction of sp³-hybridized carbons (Fsp3) is 0.500. The number of carbonyl (C=O) groups is 1. The maximum atomic E-state index is 15.2. The highest BCUT2D eigenvalue weighted by Crippen LogP contribution is 2.58. The maximum Gasteiger partial charge on any atom is 0.481 e. The minimum Gasteiger partial charge on any atom is -0.385 e. The number of aliphatic hydroxyl groups is 2. The van der Waals surface area contributed by atoms with Gasteiger partial charge in [0, 0.05) is 6.20 Å². The molecule has 0 amide bonds. The molecule has 1 aromatic rings. The van der Waals surface area contributed by atoms with Gasteiger partial charge in [0.15, 0.2) is 17.3 Å². The third kappa shape index (κ3) is 5.06. The summed E-state index contributed by atoms with van der Waals surface area (Å²) in [6.45, 7) is -4.15. The number of halogens is 1. The number of hydrogen-bond acceptors (Lipinski definition) is 10. The molecular formula is C10H13FN2O12P2S. The zero-order valence-electron chi connectivity index (χ0n) is 15.1. The summed E-state index contributed by atoms with van der Waals surface area (Å²) in [6.07, 6.45) is -6.50. The van der Waals surface area contributed by atoms with Crippen molar-refractivity contribution in [2.24, 2.45) is 0 Å². The number of ether oxygens (including phenoxy) is 1. The zero-order chi connectivity index (χ0) is 23.3. The summed E-state index contributed by atoms with van der Waals surface area (Å²) >= 11 is 4.77. The molecule has 0 radical (unpaired) electrons. The van der Waals surface area contributed by atoms with E-state index in [1.165, 1.54) is 0 Å². The second kappa shape index (κ2) is 7.93. The van der Waals surface area contributed by atoms with E-state index in [0.29, 0.717) is 10.8 Å². The molecule has 158 valence electrons. The Labute approximate surface area is 161 Å². The summed E-state index contributed by atoms with van der Waals surface area (Å²) in [6, 6.07) is 0. The van der Waals surface area contributed by atoms with Crippen LogP contribution in [0.25, 0.3) is 0 Å². The van der Waals surface area contributed by atoms with Gasteiger partial charge in [0.25, 0.3) is 11.4 Å². The molecule has 1 aromatic heterocycles. The van der Waals surface area contributed by atoms with Gasteiger partial charge in [-0.25, -0.2) is 13.5 Å². The van der Waals surface area contributed by atoms with Crippen LogP contribution >= 0.6 is 27.9 Å². The largest absolute Gasteiger partial charge is 0.481 e. The lowest BCUT2D eigenvalue weighted by Gasteiger charge is -2.24. The fourth-order valence-corrected chi connectivity index (χ4v) is 3.74. The van der Waals surface area contributed by atoms with Gasteiger partial charge in [0.1, 0.15) is 18.8 Å². The smallest absolute Gasteiger partial charge is 0.385 e. The van der Waals surface area contributed by atoms with Crippen LogP contribution in [0.3, 0.4) is 0 Å². The Morgan fingerprint density at radius 3 is 2.61 bits per heavy atom. The summed E-state index contributed by atoms with van der Waals surface area (Å²) in [5, 5.41) is 20.0. The Morgan fingerprint density at radius 1 is 1.46 bits per heavy atom. The van der Waals surface area contributed by atoms with Gasteiger partial charge in [-0.05, 0) is 12.2 Å². The lowest BCUT2D eigenvalue weighted by molar-refractivity contribution is -0.204. The van der Waals surface area contributed by atoms with Crippen LogP contribution in [0.2, 0.25) is 0 Å². The molecule has 0 bridgehead atoms. The lowest BCUT2D eigenvalue weighted by Crippen LogP contribution is -2.42. The van der Waals surface area contributed by atoms with Gasteiger partial charge in [-0.1, -0.05) is 0 Å². The zero-order valence-corrected chi connectivity index (χ0v) is 15.7. The summed E-state index contributed by atoms with van der Waals surface area (Å²) < 4.78 is 64.2. The minimum absolute atomic E-state index is 0.0639. The first-order valence-corrected chi connectivity index (χ1v) is 10.2. The molecule has 6 N–H and O–H groups in total. The quantitative estimate of drug-likeness (QED) is 0.159. The number of aliphatic hydroxyl groups excluding tert-OH is 2. The number of carbonyl (C=O) groups excluding carboxylic acids is 1. The first-order chi connectivity index (χ1) is 13.4. The number of aromatic nitrogens is 2. The number of phosphoric ester groups is 1. The monoisotopic (exact) mass is 468 g/mol. The lowest BCUT2D eigenvalue weighted by atomic mass is 10.1. The van der Waals surface area contributed by atoms with Crippen molar-refractivity contribution in [3.8, 4) is 0 Å². The van der Waals surface area contributed by atoms with Gasteiger partial charge >= 0.3 is 15.6 Å². The van der Waals surface area contributed by atoms with E-state index < -0.39 is 62.4 Å². The van der Waals surface area contributed by atoms with Crippen LogP contribution in [-0.4, -0.2) is 65.4 Å². The Bertz CT molecular complexity index is 1060. The van der Waals surface area contributed by atoms with Crippen LogP contribution in [0.5, 0.6) is 0 Å². The third-order valence-corrected chi connectivity index (χ3v) is 5.51. The van der Waals surface area contributed by atoms with Gasteiger partial charge in [-0.3, -0.25) is 23.7 Å². The summed E-state index contributed by atoms with van der Waals surface area (Å²) in [7, 11) is -11.7. The fourth-order valence-electron chi connectivity index (χ4n) is 2.04. The van der Waals surface area contributed by atoms with Crippen molar-refractivity contribution < 1.29 is 59.5 Å². The van der Waals surface area contributed by atoms with Crippen molar-refractivity contribution >= 4 is 34.1 Å². The number of hydrogen-bond donors (Lipinski definition) is 6. The summed E-state index contributed by atoms with van der Waals surface area (Å²) in [4.78, 5) is 50.7. The number of nitrogens with zero attached hydrogens (tertiary/aromatic N) is 1. The number of phosphoric acid groups is 2. The number of aromatic amines is 1. The molecule has 5 atom stereocenters. The molecule has 0 saturated carbocycles. The minimum atomic E-state index is -5.97. The number of H-pyrrole nitrogens is 1. The van der Waals surface area contributed by atoms with Gasteiger partial charge in [-0.15, -0.1) is 0 Å². The molecule has 2 heterocycles. The number of rotatable bonds is 7. The van der Waals surface area contributed by atoms with Crippen molar-refractivity contribution in [2.45, 2.75) is 24.3 Å². The SMILES string of the molecule is [2H]C([2H])(OP(=O)(O)OP(=O)(O)O)[C@@]1(F)O[C@@H](n2cc(C=O)c(=O)[nH]c2=S)[C@H](O)[C@@H]1O. The molecule has 1 saturated heterocycles. The Balaban J connectivity index is 2.45. The van der Waals surface area contributed by atoms with Crippen LogP contribution in [0.15, 0.2) is 11.0 Å². The molecule has 2 rings (SSSR count). The molecule has 14 nitrogen and oxygen atoms in total. The average Bonchev–Trinajstić information content (AvgIpc) is 2.77. The van der Waals surface area contributed by atoms with Crippen molar-refractivity contribution in [1.82, 2.24) is 9.55 Å². The highest BCUT2D eigenvalue weighted by Gasteiger charge is 2.57. The van der Waals surface area contributed by atoms with E-state index in [4.69, 9.17) is 24.7 Å². The number of nitrogens with one attached hydrogen (secondary N) is 1. The van der Waals surface area contributed by atoms with E-state index in [0.717, 1.165) is 0 Å². The molecule has 0 spiro atoms. The van der Waals surface area contributed by atoms with E-state index >= 15 is 4.39 Å². The molecule has 1 fully saturated rings. The molecule has 0 aliphatic carbocycles. The predicted octanol–water partition coefficient (Wildman–Crippen LogP) is -1.14. The van der Waals surface area contributed by atoms with Crippen molar-refractivity contribution in [3.63, 3.8) is 0 Å². The van der Waals surface area contributed by atoms with Crippen molar-refractivity contribution in [1.29, 1.82) is 0 Å². The molecule has 1 aliphatic rings. The number of aldehydes is 1. The molecule has 18 heteroatoms. The van der Waals surface area contributed by atoms with Gasteiger partial charge < -0.3 is 29.6 Å². The van der Waals surface area contributed by atoms with Crippen LogP contribution in [-0.2, 0) is 22.7 Å². The van der Waals surface area contributed by atoms with E-state index in [2.05, 4.69) is 13.6 Å². The topological polar surface area (TPSA) is 218 Å². The Morgan fingerprint density at radius 2 is 2.07 bits per heavy atom. The van der Waals surface area contributed by atoms with Gasteiger partial charge in [0.2, 0.25) is 0 Å². The average molecular weight is 468 g/mol. The molecule has 1 unspecified atom stereocenters. The van der Waals surface area contributed by atoms with Crippen LogP contribution in [0.4, 0.5) is 4.39 Å². The third-order valence-electron chi connectivity index (χ3n) is 3.19. The van der Waals surface area contributed by atoms with E-state index in [1.807, 2.05) is 4.98 Å². The Hall–Kier alpha value is -1.16. The first kappa shape index (κ1) is 20.1. The van der Waals surface area contributed by atoms with Crippen molar-refractivity contribution in [2.75, 3.05) is 6.56 Å². The second-order valence-electron chi connectivity index (χ2n) is 5.19. The van der Waals surface area contributed by atoms with E-state index in [-0.39, 0.29) is 6.29 Å². The Kier molecular flexibility index (Phi) is 5.70. The van der Waals surface area contributed by atoms with Crippen LogP contribution in [0.1, 0.15) is 19.3 Å². The van der Waals surface area contributed by atoms with E-state index in [9.17, 15) is 33.8 Å². The summed E-state index contributed by atoms with van der Waals surface area (Å²) in [5.41, 5.74) is -1.53. The standard InChI is InChI=1S/C10H13FN2O12P2S/c11-10(3-23-27(21,22)25-26(18,19)20)6(16)5(15)8(24-10)13-1-4(2-14)7(17)12-9(13)28/h1-2,5-6,8,15-16H,3H2,(H,21,22)(H,12,17,28)(H2,18,19,20)/t5-,6+,8-,10-/m1/s1/i3D2. The predicted molar refractivity (Wildman–Crippen MR) is 86.2 cm³/mol. The second-order valence-corrected chi connectivity index (χ2v) is 8.33. The van der Waals surface area contributed by atoms with Gasteiger partial charge in [0.05, 0.1) is 8.30 Å². The molecular weight excluding hydrogens is 453 g/mol. The maximum absolute atomic E-state index is 15.2. The highest BCUT2D eigenvalue weighted by molar-refractivity contribution is 7.71. The molecule has 28 heavy (non-hydrogen) atoms. The van der Waals surface area contributed by atoms with Crippen LogP contribution in [0, 0.1) is 4.77 Å².